The van der Waals surface area contributed by atoms with Gasteiger partial charge in [0.1, 0.15) is 12.2 Å². The average molecular weight is 229 g/mol. The van der Waals surface area contributed by atoms with Gasteiger partial charge in [0, 0.05) is 25.0 Å². The molecule has 1 aromatic heterocycles. The van der Waals surface area contributed by atoms with Gasteiger partial charge >= 0.3 is 0 Å². The zero-order chi connectivity index (χ0) is 11.8. The summed E-state index contributed by atoms with van der Waals surface area (Å²) < 4.78 is 1.81. The van der Waals surface area contributed by atoms with Crippen molar-refractivity contribution in [2.24, 2.45) is 7.05 Å². The first-order valence-corrected chi connectivity index (χ1v) is 5.70. The highest BCUT2D eigenvalue weighted by atomic mass is 15.3. The molecule has 17 heavy (non-hydrogen) atoms. The van der Waals surface area contributed by atoms with Gasteiger partial charge in [-0.1, -0.05) is 0 Å². The minimum Gasteiger partial charge on any atom is -0.399 e. The van der Waals surface area contributed by atoms with Crippen molar-refractivity contribution in [3.63, 3.8) is 0 Å². The molecular weight excluding hydrogens is 214 g/mol. The lowest BCUT2D eigenvalue weighted by atomic mass is 10.1. The molecule has 5 nitrogen and oxygen atoms in total. The molecule has 0 spiro atoms. The van der Waals surface area contributed by atoms with Crippen LogP contribution in [0.15, 0.2) is 24.5 Å². The minimum absolute atomic E-state index is 0.799. The summed E-state index contributed by atoms with van der Waals surface area (Å²) in [6.07, 6.45) is 2.65. The largest absolute Gasteiger partial charge is 0.399 e. The second kappa shape index (κ2) is 3.76. The van der Waals surface area contributed by atoms with E-state index in [9.17, 15) is 0 Å². The first-order valence-electron chi connectivity index (χ1n) is 5.70. The Morgan fingerprint density at radius 2 is 2.29 bits per heavy atom. The van der Waals surface area contributed by atoms with Gasteiger partial charge in [-0.25, -0.2) is 4.98 Å². The van der Waals surface area contributed by atoms with Crippen LogP contribution in [0.3, 0.4) is 0 Å². The Bertz CT molecular complexity index is 546. The third kappa shape index (κ3) is 1.73. The molecule has 1 aliphatic heterocycles. The Morgan fingerprint density at radius 1 is 1.41 bits per heavy atom. The Balaban J connectivity index is 1.87. The SMILES string of the molecule is Cn1ncnc1CN1CCc2cc(N)ccc21. The quantitative estimate of drug-likeness (QED) is 0.779. The number of hydrogen-bond donors (Lipinski definition) is 1. The molecule has 0 fully saturated rings. The van der Waals surface area contributed by atoms with Crippen LogP contribution in [0.5, 0.6) is 0 Å². The monoisotopic (exact) mass is 229 g/mol. The molecule has 0 aliphatic carbocycles. The third-order valence-corrected chi connectivity index (χ3v) is 3.23. The van der Waals surface area contributed by atoms with E-state index in [1.165, 1.54) is 11.3 Å². The van der Waals surface area contributed by atoms with Gasteiger partial charge < -0.3 is 10.6 Å². The highest BCUT2D eigenvalue weighted by Gasteiger charge is 2.20. The molecule has 0 saturated heterocycles. The zero-order valence-electron chi connectivity index (χ0n) is 9.80. The lowest BCUT2D eigenvalue weighted by molar-refractivity contribution is 0.677. The van der Waals surface area contributed by atoms with E-state index in [1.54, 1.807) is 6.33 Å². The fourth-order valence-corrected chi connectivity index (χ4v) is 2.29. The summed E-state index contributed by atoms with van der Waals surface area (Å²) in [5.74, 6) is 0.981. The Morgan fingerprint density at radius 3 is 3.06 bits per heavy atom. The van der Waals surface area contributed by atoms with E-state index in [1.807, 2.05) is 17.8 Å². The molecule has 3 rings (SSSR count). The van der Waals surface area contributed by atoms with E-state index in [-0.39, 0.29) is 0 Å². The molecule has 1 aromatic carbocycles. The minimum atomic E-state index is 0.799. The normalized spacial score (nSPS) is 14.1. The van der Waals surface area contributed by atoms with Crippen LogP contribution in [0.4, 0.5) is 11.4 Å². The summed E-state index contributed by atoms with van der Waals surface area (Å²) in [4.78, 5) is 6.57. The molecule has 0 saturated carbocycles. The van der Waals surface area contributed by atoms with Crippen LogP contribution >= 0.6 is 0 Å². The molecule has 2 N–H and O–H groups in total. The van der Waals surface area contributed by atoms with Crippen LogP contribution in [0, 0.1) is 0 Å². The maximum absolute atomic E-state index is 5.79. The van der Waals surface area contributed by atoms with Crippen molar-refractivity contribution < 1.29 is 0 Å². The number of nitrogen functional groups attached to an aromatic ring is 1. The second-order valence-corrected chi connectivity index (χ2v) is 4.36. The molecule has 0 radical (unpaired) electrons. The van der Waals surface area contributed by atoms with Gasteiger partial charge in [-0.05, 0) is 30.2 Å². The highest BCUT2D eigenvalue weighted by Crippen LogP contribution is 2.30. The van der Waals surface area contributed by atoms with Crippen LogP contribution in [0.1, 0.15) is 11.4 Å². The molecule has 0 unspecified atom stereocenters. The first kappa shape index (κ1) is 10.1. The standard InChI is InChI=1S/C12H15N5/c1-16-12(14-8-15-16)7-17-5-4-9-6-10(13)2-3-11(9)17/h2-3,6,8H,4-5,7,13H2,1H3. The number of anilines is 2. The number of aryl methyl sites for hydroxylation is 1. The summed E-state index contributed by atoms with van der Waals surface area (Å²) in [6, 6.07) is 6.11. The van der Waals surface area contributed by atoms with Crippen LogP contribution in [-0.4, -0.2) is 21.3 Å². The Hall–Kier alpha value is -2.04. The van der Waals surface area contributed by atoms with E-state index >= 15 is 0 Å². The summed E-state index contributed by atoms with van der Waals surface area (Å²) in [5, 5.41) is 4.09. The van der Waals surface area contributed by atoms with E-state index in [0.29, 0.717) is 0 Å². The van der Waals surface area contributed by atoms with Crippen molar-refractivity contribution in [3.8, 4) is 0 Å². The lowest BCUT2D eigenvalue weighted by Crippen LogP contribution is -2.22. The van der Waals surface area contributed by atoms with E-state index in [0.717, 1.165) is 31.0 Å². The van der Waals surface area contributed by atoms with Crippen LogP contribution in [0.25, 0.3) is 0 Å². The smallest absolute Gasteiger partial charge is 0.146 e. The second-order valence-electron chi connectivity index (χ2n) is 4.36. The highest BCUT2D eigenvalue weighted by molar-refractivity contribution is 5.62. The molecule has 0 amide bonds. The van der Waals surface area contributed by atoms with Crippen molar-refractivity contribution in [3.05, 3.63) is 35.9 Å². The van der Waals surface area contributed by atoms with Gasteiger partial charge in [0.05, 0.1) is 6.54 Å². The summed E-state index contributed by atoms with van der Waals surface area (Å²) in [6.45, 7) is 1.82. The van der Waals surface area contributed by atoms with Gasteiger partial charge in [0.15, 0.2) is 0 Å². The molecule has 5 heteroatoms. The molecule has 88 valence electrons. The van der Waals surface area contributed by atoms with Crippen molar-refractivity contribution in [1.82, 2.24) is 14.8 Å². The van der Waals surface area contributed by atoms with Gasteiger partial charge in [-0.3, -0.25) is 4.68 Å². The van der Waals surface area contributed by atoms with Gasteiger partial charge in [-0.2, -0.15) is 5.10 Å². The molecule has 1 aliphatic rings. The van der Waals surface area contributed by atoms with Crippen LogP contribution < -0.4 is 10.6 Å². The van der Waals surface area contributed by atoms with Crippen molar-refractivity contribution in [1.29, 1.82) is 0 Å². The van der Waals surface area contributed by atoms with Crippen LogP contribution in [0.2, 0.25) is 0 Å². The molecule has 0 atom stereocenters. The van der Waals surface area contributed by atoms with E-state index in [4.69, 9.17) is 5.73 Å². The number of fused-ring (bicyclic) bond motifs is 1. The Labute approximate surface area is 99.9 Å². The van der Waals surface area contributed by atoms with Crippen molar-refractivity contribution in [2.75, 3.05) is 17.2 Å². The zero-order valence-corrected chi connectivity index (χ0v) is 9.80. The fourth-order valence-electron chi connectivity index (χ4n) is 2.29. The number of hydrogen-bond acceptors (Lipinski definition) is 4. The number of aromatic nitrogens is 3. The fraction of sp³-hybridized carbons (Fsp3) is 0.333. The first-order chi connectivity index (χ1) is 8.24. The third-order valence-electron chi connectivity index (χ3n) is 3.23. The molecule has 2 heterocycles. The van der Waals surface area contributed by atoms with E-state index in [2.05, 4.69) is 27.1 Å². The lowest BCUT2D eigenvalue weighted by Gasteiger charge is -2.18. The number of nitrogens with zero attached hydrogens (tertiary/aromatic N) is 4. The topological polar surface area (TPSA) is 60.0 Å². The van der Waals surface area contributed by atoms with Gasteiger partial charge in [0.2, 0.25) is 0 Å². The summed E-state index contributed by atoms with van der Waals surface area (Å²) in [5.41, 5.74) is 9.22. The van der Waals surface area contributed by atoms with Gasteiger partial charge in [-0.15, -0.1) is 0 Å². The van der Waals surface area contributed by atoms with Crippen molar-refractivity contribution in [2.45, 2.75) is 13.0 Å². The molecular formula is C12H15N5. The molecule has 0 bridgehead atoms. The maximum atomic E-state index is 5.79. The summed E-state index contributed by atoms with van der Waals surface area (Å²) in [7, 11) is 1.92. The Kier molecular flexibility index (Phi) is 2.24. The number of nitrogens with two attached hydrogens (primary N) is 1. The number of benzene rings is 1. The predicted octanol–water partition coefficient (Wildman–Crippen LogP) is 0.960. The predicted molar refractivity (Wildman–Crippen MR) is 66.6 cm³/mol. The van der Waals surface area contributed by atoms with Crippen molar-refractivity contribution >= 4 is 11.4 Å². The summed E-state index contributed by atoms with van der Waals surface area (Å²) >= 11 is 0. The maximum Gasteiger partial charge on any atom is 0.146 e. The van der Waals surface area contributed by atoms with Gasteiger partial charge in [0.25, 0.3) is 0 Å². The van der Waals surface area contributed by atoms with Crippen LogP contribution in [-0.2, 0) is 20.0 Å². The number of rotatable bonds is 2. The average Bonchev–Trinajstić information content (AvgIpc) is 2.87. The molecule has 2 aromatic rings. The van der Waals surface area contributed by atoms with E-state index < -0.39 is 0 Å².